The third-order valence-corrected chi connectivity index (χ3v) is 5.80. The van der Waals surface area contributed by atoms with E-state index >= 15 is 0 Å². The van der Waals surface area contributed by atoms with Gasteiger partial charge < -0.3 is 19.7 Å². The molecule has 158 valence electrons. The van der Waals surface area contributed by atoms with E-state index in [0.717, 1.165) is 18.4 Å². The number of methoxy groups -OCH3 is 2. The van der Waals surface area contributed by atoms with E-state index in [-0.39, 0.29) is 30.8 Å². The summed E-state index contributed by atoms with van der Waals surface area (Å²) in [6.07, 6.45) is 4.03. The Morgan fingerprint density at radius 3 is 2.59 bits per heavy atom. The van der Waals surface area contributed by atoms with Gasteiger partial charge in [0, 0.05) is 38.2 Å². The molecule has 1 saturated carbocycles. The number of nitrogens with zero attached hydrogens (tertiary/aromatic N) is 2. The van der Waals surface area contributed by atoms with Crippen LogP contribution in [0.2, 0.25) is 0 Å². The Morgan fingerprint density at radius 2 is 1.93 bits per heavy atom. The Morgan fingerprint density at radius 1 is 1.21 bits per heavy atom. The first-order valence-electron chi connectivity index (χ1n) is 9.99. The number of nitrogens with one attached hydrogen (secondary N) is 1. The molecule has 0 unspecified atom stereocenters. The van der Waals surface area contributed by atoms with Crippen LogP contribution in [0.5, 0.6) is 11.5 Å². The number of amides is 4. The van der Waals surface area contributed by atoms with Crippen LogP contribution in [-0.2, 0) is 16.1 Å². The fourth-order valence-corrected chi connectivity index (χ4v) is 4.10. The van der Waals surface area contributed by atoms with Crippen molar-refractivity contribution in [2.45, 2.75) is 50.6 Å². The van der Waals surface area contributed by atoms with Gasteiger partial charge in [-0.25, -0.2) is 4.79 Å². The van der Waals surface area contributed by atoms with Gasteiger partial charge in [0.25, 0.3) is 5.91 Å². The molecule has 1 heterocycles. The van der Waals surface area contributed by atoms with Crippen molar-refractivity contribution in [3.63, 3.8) is 0 Å². The maximum absolute atomic E-state index is 12.6. The molecular formula is C21H29N3O5. The number of carbonyl (C=O) groups is 3. The van der Waals surface area contributed by atoms with Crippen LogP contribution >= 0.6 is 0 Å². The summed E-state index contributed by atoms with van der Waals surface area (Å²) < 4.78 is 10.6. The van der Waals surface area contributed by atoms with Crippen molar-refractivity contribution in [1.29, 1.82) is 0 Å². The van der Waals surface area contributed by atoms with E-state index in [0.29, 0.717) is 37.3 Å². The summed E-state index contributed by atoms with van der Waals surface area (Å²) >= 11 is 0. The van der Waals surface area contributed by atoms with Gasteiger partial charge >= 0.3 is 6.03 Å². The average molecular weight is 403 g/mol. The summed E-state index contributed by atoms with van der Waals surface area (Å²) in [6.45, 7) is 0.663. The van der Waals surface area contributed by atoms with Gasteiger partial charge in [-0.05, 0) is 31.4 Å². The van der Waals surface area contributed by atoms with E-state index in [1.807, 2.05) is 12.1 Å². The van der Waals surface area contributed by atoms with E-state index in [4.69, 9.17) is 9.47 Å². The molecule has 1 N–H and O–H groups in total. The Kier molecular flexibility index (Phi) is 6.30. The zero-order valence-corrected chi connectivity index (χ0v) is 17.3. The number of ether oxygens (including phenoxy) is 2. The van der Waals surface area contributed by atoms with Crippen molar-refractivity contribution in [1.82, 2.24) is 15.1 Å². The highest BCUT2D eigenvalue weighted by atomic mass is 16.5. The molecule has 1 spiro atoms. The van der Waals surface area contributed by atoms with Gasteiger partial charge in [0.15, 0.2) is 0 Å². The Labute approximate surface area is 171 Å². The van der Waals surface area contributed by atoms with Crippen molar-refractivity contribution < 1.29 is 23.9 Å². The SMILES string of the molecule is COc1ccc(CN(C)C(=O)CCCN2C(=O)NC3(CCCC3)C2=O)c(OC)c1. The van der Waals surface area contributed by atoms with Gasteiger partial charge in [0.1, 0.15) is 17.0 Å². The van der Waals surface area contributed by atoms with Crippen molar-refractivity contribution in [2.24, 2.45) is 0 Å². The van der Waals surface area contributed by atoms with Gasteiger partial charge in [-0.1, -0.05) is 12.8 Å². The largest absolute Gasteiger partial charge is 0.497 e. The smallest absolute Gasteiger partial charge is 0.325 e. The highest BCUT2D eigenvalue weighted by molar-refractivity contribution is 6.07. The zero-order chi connectivity index (χ0) is 21.0. The van der Waals surface area contributed by atoms with Crippen molar-refractivity contribution >= 4 is 17.8 Å². The third kappa shape index (κ3) is 4.31. The molecule has 3 rings (SSSR count). The van der Waals surface area contributed by atoms with E-state index in [2.05, 4.69) is 5.32 Å². The van der Waals surface area contributed by atoms with Crippen LogP contribution in [0.1, 0.15) is 44.1 Å². The molecule has 2 aliphatic rings. The quantitative estimate of drug-likeness (QED) is 0.673. The molecule has 8 heteroatoms. The lowest BCUT2D eigenvalue weighted by molar-refractivity contribution is -0.133. The number of imide groups is 1. The minimum Gasteiger partial charge on any atom is -0.497 e. The maximum atomic E-state index is 12.6. The van der Waals surface area contributed by atoms with E-state index < -0.39 is 5.54 Å². The van der Waals surface area contributed by atoms with Crippen LogP contribution in [-0.4, -0.2) is 61.0 Å². The summed E-state index contributed by atoms with van der Waals surface area (Å²) in [7, 11) is 4.90. The Balaban J connectivity index is 1.51. The minimum absolute atomic E-state index is 0.0505. The highest BCUT2D eigenvalue weighted by Gasteiger charge is 2.52. The fourth-order valence-electron chi connectivity index (χ4n) is 4.10. The zero-order valence-electron chi connectivity index (χ0n) is 17.3. The standard InChI is InChI=1S/C21H29N3O5/c1-23(14-15-8-9-16(28-2)13-17(15)29-3)18(25)7-6-12-24-19(26)21(22-20(24)27)10-4-5-11-21/h8-9,13H,4-7,10-12,14H2,1-3H3,(H,22,27). The van der Waals surface area contributed by atoms with Gasteiger partial charge in [0.05, 0.1) is 14.2 Å². The minimum atomic E-state index is -0.692. The molecule has 0 bridgehead atoms. The van der Waals surface area contributed by atoms with E-state index in [1.54, 1.807) is 32.2 Å². The van der Waals surface area contributed by atoms with Crippen molar-refractivity contribution in [3.8, 4) is 11.5 Å². The first-order chi connectivity index (χ1) is 13.9. The molecule has 1 aliphatic carbocycles. The normalized spacial score (nSPS) is 17.6. The van der Waals surface area contributed by atoms with Crippen LogP contribution in [0, 0.1) is 0 Å². The van der Waals surface area contributed by atoms with E-state index in [9.17, 15) is 14.4 Å². The molecule has 0 atom stereocenters. The summed E-state index contributed by atoms with van der Waals surface area (Å²) in [4.78, 5) is 40.2. The van der Waals surface area contributed by atoms with Gasteiger partial charge in [-0.3, -0.25) is 14.5 Å². The lowest BCUT2D eigenvalue weighted by Gasteiger charge is -2.21. The first-order valence-corrected chi connectivity index (χ1v) is 9.99. The number of rotatable bonds is 8. The highest BCUT2D eigenvalue weighted by Crippen LogP contribution is 2.35. The second-order valence-electron chi connectivity index (χ2n) is 7.71. The molecule has 1 saturated heterocycles. The maximum Gasteiger partial charge on any atom is 0.325 e. The van der Waals surface area contributed by atoms with Crippen LogP contribution in [0.25, 0.3) is 0 Å². The number of carbonyl (C=O) groups excluding carboxylic acids is 3. The predicted molar refractivity (Wildman–Crippen MR) is 107 cm³/mol. The molecule has 0 radical (unpaired) electrons. The number of hydrogen-bond donors (Lipinski definition) is 1. The van der Waals surface area contributed by atoms with Gasteiger partial charge in [-0.15, -0.1) is 0 Å². The molecule has 1 aromatic rings. The number of benzene rings is 1. The molecule has 29 heavy (non-hydrogen) atoms. The first kappa shape index (κ1) is 21.0. The monoisotopic (exact) mass is 403 g/mol. The summed E-state index contributed by atoms with van der Waals surface area (Å²) in [6, 6.07) is 5.15. The summed E-state index contributed by atoms with van der Waals surface area (Å²) in [5, 5.41) is 2.86. The predicted octanol–water partition coefficient (Wildman–Crippen LogP) is 2.31. The molecule has 2 fully saturated rings. The van der Waals surface area contributed by atoms with Crippen LogP contribution < -0.4 is 14.8 Å². The lowest BCUT2D eigenvalue weighted by atomic mass is 9.98. The topological polar surface area (TPSA) is 88.2 Å². The van der Waals surface area contributed by atoms with Crippen LogP contribution in [0.15, 0.2) is 18.2 Å². The van der Waals surface area contributed by atoms with E-state index in [1.165, 1.54) is 4.90 Å². The molecule has 4 amide bonds. The van der Waals surface area contributed by atoms with Gasteiger partial charge in [-0.2, -0.15) is 0 Å². The lowest BCUT2D eigenvalue weighted by Crippen LogP contribution is -2.44. The molecule has 1 aliphatic heterocycles. The number of hydrogen-bond acceptors (Lipinski definition) is 5. The number of urea groups is 1. The van der Waals surface area contributed by atoms with Crippen LogP contribution in [0.3, 0.4) is 0 Å². The summed E-state index contributed by atoms with van der Waals surface area (Å²) in [5.41, 5.74) is 0.185. The van der Waals surface area contributed by atoms with Crippen molar-refractivity contribution in [2.75, 3.05) is 27.8 Å². The summed E-state index contributed by atoms with van der Waals surface area (Å²) in [5.74, 6) is 1.16. The third-order valence-electron chi connectivity index (χ3n) is 5.80. The Hall–Kier alpha value is -2.77. The average Bonchev–Trinajstić information content (AvgIpc) is 3.28. The second-order valence-corrected chi connectivity index (χ2v) is 7.71. The molecular weight excluding hydrogens is 374 g/mol. The second kappa shape index (κ2) is 8.71. The Bertz CT molecular complexity index is 789. The van der Waals surface area contributed by atoms with Crippen molar-refractivity contribution in [3.05, 3.63) is 23.8 Å². The van der Waals surface area contributed by atoms with Crippen LogP contribution in [0.4, 0.5) is 4.79 Å². The molecule has 1 aromatic carbocycles. The molecule has 8 nitrogen and oxygen atoms in total. The fraction of sp³-hybridized carbons (Fsp3) is 0.571. The van der Waals surface area contributed by atoms with Gasteiger partial charge in [0.2, 0.25) is 5.91 Å². The molecule has 0 aromatic heterocycles.